The number of carboxylic acids is 1. The van der Waals surface area contributed by atoms with Crippen LogP contribution in [0.25, 0.3) is 0 Å². The quantitative estimate of drug-likeness (QED) is 0.152. The number of carbonyl (C=O) groups excluding carboxylic acids is 3. The van der Waals surface area contributed by atoms with Gasteiger partial charge in [0.1, 0.15) is 18.1 Å². The van der Waals surface area contributed by atoms with Crippen molar-refractivity contribution in [2.75, 3.05) is 13.2 Å². The van der Waals surface area contributed by atoms with E-state index in [2.05, 4.69) is 17.6 Å². The summed E-state index contributed by atoms with van der Waals surface area (Å²) >= 11 is 0. The molecule has 0 radical (unpaired) electrons. The molecule has 0 aromatic rings. The molecule has 0 rings (SSSR count). The predicted octanol–water partition coefficient (Wildman–Crippen LogP) is -1.78. The Morgan fingerprint density at radius 3 is 2.03 bits per heavy atom. The molecule has 168 valence electrons. The average Bonchev–Trinajstić information content (AvgIpc) is 2.67. The maximum Gasteiger partial charge on any atom is 0.328 e. The van der Waals surface area contributed by atoms with Gasteiger partial charge in [-0.2, -0.15) is 0 Å². The second-order valence-corrected chi connectivity index (χ2v) is 6.83. The highest BCUT2D eigenvalue weighted by Gasteiger charge is 2.31. The van der Waals surface area contributed by atoms with Crippen molar-refractivity contribution >= 4 is 23.7 Å². The zero-order chi connectivity index (χ0) is 22.4. The number of aliphatic hydroxyl groups excluding tert-OH is 2. The van der Waals surface area contributed by atoms with Crippen molar-refractivity contribution < 1.29 is 34.5 Å². The fraction of sp³-hybridized carbons (Fsp3) is 0.778. The van der Waals surface area contributed by atoms with E-state index >= 15 is 0 Å². The molecule has 0 aliphatic carbocycles. The van der Waals surface area contributed by atoms with Crippen molar-refractivity contribution in [2.24, 2.45) is 5.73 Å². The van der Waals surface area contributed by atoms with Crippen LogP contribution >= 0.6 is 0 Å². The lowest BCUT2D eigenvalue weighted by Crippen LogP contribution is -2.60. The summed E-state index contributed by atoms with van der Waals surface area (Å²) in [6.45, 7) is 2.23. The number of nitrogens with two attached hydrogens (primary N) is 1. The molecular weight excluding hydrogens is 384 g/mol. The van der Waals surface area contributed by atoms with Crippen molar-refractivity contribution in [3.8, 4) is 0 Å². The highest BCUT2D eigenvalue weighted by Crippen LogP contribution is 2.05. The maximum absolute atomic E-state index is 12.4. The van der Waals surface area contributed by atoms with E-state index in [-0.39, 0.29) is 18.9 Å². The van der Waals surface area contributed by atoms with Crippen LogP contribution in [0.15, 0.2) is 0 Å². The molecule has 0 saturated carbocycles. The molecule has 3 amide bonds. The number of hydrogen-bond donors (Lipinski definition) is 7. The molecule has 0 bridgehead atoms. The van der Waals surface area contributed by atoms with Crippen LogP contribution in [-0.2, 0) is 19.2 Å². The lowest BCUT2D eigenvalue weighted by atomic mass is 10.1. The van der Waals surface area contributed by atoms with Crippen LogP contribution in [0, 0.1) is 0 Å². The van der Waals surface area contributed by atoms with Crippen LogP contribution in [0.1, 0.15) is 52.4 Å². The van der Waals surface area contributed by atoms with Gasteiger partial charge < -0.3 is 37.0 Å². The minimum absolute atomic E-state index is 0.226. The van der Waals surface area contributed by atoms with Gasteiger partial charge in [0.25, 0.3) is 0 Å². The third kappa shape index (κ3) is 10.8. The van der Waals surface area contributed by atoms with Crippen LogP contribution in [0.2, 0.25) is 0 Å². The highest BCUT2D eigenvalue weighted by atomic mass is 16.4. The molecule has 0 saturated heterocycles. The maximum atomic E-state index is 12.4. The smallest absolute Gasteiger partial charge is 0.328 e. The SMILES string of the molecule is CCCCCCCC(=O)N[C@@H](CN)C(=O)N[C@H](C(=O)N[C@H](CO)C(=O)O)[C@@H](C)O. The van der Waals surface area contributed by atoms with Gasteiger partial charge >= 0.3 is 5.97 Å². The monoisotopic (exact) mass is 418 g/mol. The molecule has 0 unspecified atom stereocenters. The number of hydrogen-bond acceptors (Lipinski definition) is 7. The van der Waals surface area contributed by atoms with E-state index in [4.69, 9.17) is 15.9 Å². The van der Waals surface area contributed by atoms with Crippen LogP contribution in [0.5, 0.6) is 0 Å². The zero-order valence-corrected chi connectivity index (χ0v) is 17.0. The van der Waals surface area contributed by atoms with Gasteiger partial charge in [-0.3, -0.25) is 14.4 Å². The number of carbonyl (C=O) groups is 4. The minimum Gasteiger partial charge on any atom is -0.480 e. The lowest BCUT2D eigenvalue weighted by molar-refractivity contribution is -0.144. The topological polar surface area (TPSA) is 191 Å². The molecule has 0 aliphatic heterocycles. The molecule has 0 aromatic carbocycles. The first-order valence-corrected chi connectivity index (χ1v) is 9.79. The fourth-order valence-corrected chi connectivity index (χ4v) is 2.49. The van der Waals surface area contributed by atoms with Gasteiger partial charge in [-0.05, 0) is 13.3 Å². The number of carboxylic acid groups (broad SMARTS) is 1. The Morgan fingerprint density at radius 2 is 1.55 bits per heavy atom. The number of amides is 3. The number of rotatable bonds is 15. The van der Waals surface area contributed by atoms with Gasteiger partial charge in [0.15, 0.2) is 0 Å². The van der Waals surface area contributed by atoms with E-state index in [0.717, 1.165) is 25.7 Å². The molecular formula is C18H34N4O7. The van der Waals surface area contributed by atoms with Crippen molar-refractivity contribution in [1.29, 1.82) is 0 Å². The first-order chi connectivity index (χ1) is 13.7. The Balaban J connectivity index is 4.77. The predicted molar refractivity (Wildman–Crippen MR) is 105 cm³/mol. The van der Waals surface area contributed by atoms with Crippen LogP contribution in [0.4, 0.5) is 0 Å². The van der Waals surface area contributed by atoms with Gasteiger partial charge in [-0.25, -0.2) is 4.79 Å². The first kappa shape index (κ1) is 26.8. The number of nitrogens with one attached hydrogen (secondary N) is 3. The van der Waals surface area contributed by atoms with E-state index in [1.54, 1.807) is 0 Å². The summed E-state index contributed by atoms with van der Waals surface area (Å²) in [6.07, 6.45) is 3.68. The van der Waals surface area contributed by atoms with Gasteiger partial charge in [-0.15, -0.1) is 0 Å². The summed E-state index contributed by atoms with van der Waals surface area (Å²) in [5.41, 5.74) is 5.54. The summed E-state index contributed by atoms with van der Waals surface area (Å²) < 4.78 is 0. The first-order valence-electron chi connectivity index (χ1n) is 9.79. The summed E-state index contributed by atoms with van der Waals surface area (Å²) in [4.78, 5) is 47.5. The Kier molecular flexibility index (Phi) is 13.6. The molecule has 0 heterocycles. The van der Waals surface area contributed by atoms with Crippen molar-refractivity contribution in [3.05, 3.63) is 0 Å². The Bertz CT molecular complexity index is 542. The third-order valence-corrected chi connectivity index (χ3v) is 4.25. The largest absolute Gasteiger partial charge is 0.480 e. The number of unbranched alkanes of at least 4 members (excludes halogenated alkanes) is 4. The summed E-state index contributed by atoms with van der Waals surface area (Å²) in [5, 5.41) is 34.4. The number of aliphatic hydroxyl groups is 2. The number of aliphatic carboxylic acids is 1. The van der Waals surface area contributed by atoms with Crippen molar-refractivity contribution in [2.45, 2.75) is 76.6 Å². The van der Waals surface area contributed by atoms with Gasteiger partial charge in [-0.1, -0.05) is 32.6 Å². The summed E-state index contributed by atoms with van der Waals surface area (Å²) in [5.74, 6) is -3.60. The molecule has 29 heavy (non-hydrogen) atoms. The van der Waals surface area contributed by atoms with Crippen LogP contribution in [0.3, 0.4) is 0 Å². The summed E-state index contributed by atoms with van der Waals surface area (Å²) in [6, 6.07) is -4.19. The molecule has 11 heteroatoms. The van der Waals surface area contributed by atoms with E-state index in [9.17, 15) is 24.3 Å². The zero-order valence-electron chi connectivity index (χ0n) is 17.0. The van der Waals surface area contributed by atoms with Crippen LogP contribution < -0.4 is 21.7 Å². The Morgan fingerprint density at radius 1 is 0.931 bits per heavy atom. The molecule has 4 atom stereocenters. The highest BCUT2D eigenvalue weighted by molar-refractivity contribution is 5.93. The van der Waals surface area contributed by atoms with Crippen molar-refractivity contribution in [1.82, 2.24) is 16.0 Å². The Labute approximate surface area is 170 Å². The molecule has 11 nitrogen and oxygen atoms in total. The molecule has 0 aromatic heterocycles. The minimum atomic E-state index is -1.58. The Hall–Kier alpha value is -2.24. The average molecular weight is 418 g/mol. The summed E-state index contributed by atoms with van der Waals surface area (Å²) in [7, 11) is 0. The van der Waals surface area contributed by atoms with Crippen LogP contribution in [-0.4, -0.2) is 76.4 Å². The molecule has 0 fully saturated rings. The standard InChI is InChI=1S/C18H34N4O7/c1-3-4-5-6-7-8-14(25)20-12(9-19)16(26)22-15(11(2)24)17(27)21-13(10-23)18(28)29/h11-13,15,23-24H,3-10,19H2,1-2H3,(H,20,25)(H,21,27)(H,22,26)(H,28,29)/t11-,12+,13-,15+/m1/s1. The van der Waals surface area contributed by atoms with Gasteiger partial charge in [0.2, 0.25) is 17.7 Å². The van der Waals surface area contributed by atoms with Crippen molar-refractivity contribution in [3.63, 3.8) is 0 Å². The van der Waals surface area contributed by atoms with E-state index < -0.39 is 48.6 Å². The van der Waals surface area contributed by atoms with E-state index in [0.29, 0.717) is 6.42 Å². The van der Waals surface area contributed by atoms with E-state index in [1.807, 2.05) is 5.32 Å². The second kappa shape index (κ2) is 14.7. The fourth-order valence-electron chi connectivity index (χ4n) is 2.49. The molecule has 0 aliphatic rings. The van der Waals surface area contributed by atoms with Gasteiger partial charge in [0, 0.05) is 13.0 Å². The van der Waals surface area contributed by atoms with E-state index in [1.165, 1.54) is 6.92 Å². The molecule has 8 N–H and O–H groups in total. The second-order valence-electron chi connectivity index (χ2n) is 6.83. The third-order valence-electron chi connectivity index (χ3n) is 4.25. The lowest BCUT2D eigenvalue weighted by Gasteiger charge is -2.25. The molecule has 0 spiro atoms. The normalized spacial score (nSPS) is 14.9. The van der Waals surface area contributed by atoms with Gasteiger partial charge in [0.05, 0.1) is 12.7 Å².